The number of halogens is 6. The number of amidine groups is 1. The molecule has 2 aromatic rings. The predicted octanol–water partition coefficient (Wildman–Crippen LogP) is 3.41. The third-order valence-corrected chi connectivity index (χ3v) is 3.61. The van der Waals surface area contributed by atoms with E-state index in [-0.39, 0.29) is 11.3 Å². The summed E-state index contributed by atoms with van der Waals surface area (Å²) in [7, 11) is 0. The van der Waals surface area contributed by atoms with Crippen LogP contribution in [0.25, 0.3) is 0 Å². The molecule has 0 saturated heterocycles. The second-order valence-corrected chi connectivity index (χ2v) is 5.72. The monoisotopic (exact) mass is 419 g/mol. The molecule has 156 valence electrons. The molecule has 0 spiro atoms. The Morgan fingerprint density at radius 3 is 1.86 bits per heavy atom. The molecular weight excluding hydrogens is 404 g/mol. The first-order chi connectivity index (χ1) is 13.5. The van der Waals surface area contributed by atoms with Crippen LogP contribution in [-0.2, 0) is 4.79 Å². The number of amides is 1. The summed E-state index contributed by atoms with van der Waals surface area (Å²) in [6, 6.07) is 13.9. The molecule has 0 fully saturated rings. The summed E-state index contributed by atoms with van der Waals surface area (Å²) in [6.07, 6.45) is -12.1. The van der Waals surface area contributed by atoms with Crippen molar-refractivity contribution in [3.05, 3.63) is 66.2 Å². The van der Waals surface area contributed by atoms with Gasteiger partial charge in [-0.25, -0.2) is 4.99 Å². The van der Waals surface area contributed by atoms with Crippen molar-refractivity contribution < 1.29 is 35.9 Å². The van der Waals surface area contributed by atoms with Gasteiger partial charge >= 0.3 is 18.0 Å². The Kier molecular flexibility index (Phi) is 6.40. The minimum atomic E-state index is -6.03. The van der Waals surface area contributed by atoms with E-state index in [4.69, 9.17) is 10.5 Å². The lowest BCUT2D eigenvalue weighted by Gasteiger charge is -2.34. The Morgan fingerprint density at radius 2 is 1.38 bits per heavy atom. The van der Waals surface area contributed by atoms with Crippen molar-refractivity contribution in [1.82, 2.24) is 5.32 Å². The van der Waals surface area contributed by atoms with Gasteiger partial charge in [-0.15, -0.1) is 0 Å². The van der Waals surface area contributed by atoms with Gasteiger partial charge in [0.1, 0.15) is 11.6 Å². The molecule has 0 heterocycles. The zero-order valence-corrected chi connectivity index (χ0v) is 14.6. The number of hydrogen-bond donors (Lipinski definition) is 2. The van der Waals surface area contributed by atoms with Crippen LogP contribution >= 0.6 is 0 Å². The van der Waals surface area contributed by atoms with Gasteiger partial charge in [0.25, 0.3) is 5.91 Å². The van der Waals surface area contributed by atoms with Gasteiger partial charge < -0.3 is 15.8 Å². The third kappa shape index (κ3) is 5.18. The van der Waals surface area contributed by atoms with Crippen molar-refractivity contribution in [2.75, 3.05) is 6.61 Å². The van der Waals surface area contributed by atoms with Crippen LogP contribution in [0.1, 0.15) is 5.56 Å². The fraction of sp³-hybridized carbons (Fsp3) is 0.222. The van der Waals surface area contributed by atoms with Gasteiger partial charge in [-0.05, 0) is 12.1 Å². The fourth-order valence-electron chi connectivity index (χ4n) is 2.21. The highest BCUT2D eigenvalue weighted by atomic mass is 19.4. The van der Waals surface area contributed by atoms with Crippen LogP contribution in [-0.4, -0.2) is 36.4 Å². The number of para-hydroxylation sites is 1. The Labute approximate surface area is 161 Å². The van der Waals surface area contributed by atoms with Crippen LogP contribution in [0, 0.1) is 0 Å². The number of nitrogens with zero attached hydrogens (tertiary/aromatic N) is 1. The molecule has 0 unspecified atom stereocenters. The molecule has 2 aromatic carbocycles. The first-order valence-electron chi connectivity index (χ1n) is 7.99. The first kappa shape index (κ1) is 22.1. The number of carbonyl (C=O) groups is 1. The van der Waals surface area contributed by atoms with Gasteiger partial charge in [0.2, 0.25) is 0 Å². The molecule has 0 atom stereocenters. The van der Waals surface area contributed by atoms with Crippen LogP contribution in [0.3, 0.4) is 0 Å². The number of alkyl halides is 6. The normalized spacial score (nSPS) is 13.1. The van der Waals surface area contributed by atoms with Crippen LogP contribution in [0.2, 0.25) is 0 Å². The number of aliphatic imine (C=N–C) groups is 1. The minimum absolute atomic E-state index is 0.0829. The molecule has 0 saturated carbocycles. The van der Waals surface area contributed by atoms with E-state index in [2.05, 4.69) is 4.99 Å². The standard InChI is InChI=1S/C18H15F6N3O2/c19-17(20,21)16(18(22,23)24,27-15(25)12-7-3-1-4-8-12)26-14(28)11-29-13-9-5-2-6-10-13/h1-10H,11H2,(H2,25,27)(H,26,28). The smallest absolute Gasteiger partial charge is 0.441 e. The highest BCUT2D eigenvalue weighted by Gasteiger charge is 2.73. The van der Waals surface area contributed by atoms with Crippen molar-refractivity contribution in [1.29, 1.82) is 0 Å². The average Bonchev–Trinajstić information content (AvgIpc) is 2.65. The van der Waals surface area contributed by atoms with E-state index in [9.17, 15) is 31.1 Å². The molecule has 5 nitrogen and oxygen atoms in total. The second-order valence-electron chi connectivity index (χ2n) is 5.72. The molecule has 11 heteroatoms. The molecule has 2 rings (SSSR count). The summed E-state index contributed by atoms with van der Waals surface area (Å²) in [5.41, 5.74) is 0.255. The average molecular weight is 419 g/mol. The lowest BCUT2D eigenvalue weighted by molar-refractivity contribution is -0.303. The van der Waals surface area contributed by atoms with Gasteiger partial charge in [0.05, 0.1) is 0 Å². The Morgan fingerprint density at radius 1 is 0.897 bits per heavy atom. The van der Waals surface area contributed by atoms with Gasteiger partial charge in [-0.1, -0.05) is 48.5 Å². The zero-order chi connectivity index (χ0) is 21.7. The summed E-state index contributed by atoms with van der Waals surface area (Å²) in [5.74, 6) is -2.66. The first-order valence-corrected chi connectivity index (χ1v) is 7.99. The number of carbonyl (C=O) groups excluding carboxylic acids is 1. The van der Waals surface area contributed by atoms with Gasteiger partial charge in [-0.3, -0.25) is 4.79 Å². The van der Waals surface area contributed by atoms with Crippen molar-refractivity contribution in [2.45, 2.75) is 18.0 Å². The lowest BCUT2D eigenvalue weighted by atomic mass is 10.1. The fourth-order valence-corrected chi connectivity index (χ4v) is 2.21. The van der Waals surface area contributed by atoms with Crippen molar-refractivity contribution in [3.63, 3.8) is 0 Å². The number of nitrogens with two attached hydrogens (primary N) is 1. The van der Waals surface area contributed by atoms with E-state index < -0.39 is 36.4 Å². The van der Waals surface area contributed by atoms with E-state index in [1.807, 2.05) is 0 Å². The molecule has 29 heavy (non-hydrogen) atoms. The Hall–Kier alpha value is -3.24. The number of hydrogen-bond acceptors (Lipinski definition) is 3. The second kappa shape index (κ2) is 8.41. The highest BCUT2D eigenvalue weighted by Crippen LogP contribution is 2.44. The molecule has 0 bridgehead atoms. The maximum absolute atomic E-state index is 13.5. The number of nitrogens with one attached hydrogen (secondary N) is 1. The Bertz CT molecular complexity index is 837. The zero-order valence-electron chi connectivity index (χ0n) is 14.6. The van der Waals surface area contributed by atoms with Crippen LogP contribution < -0.4 is 15.8 Å². The summed E-state index contributed by atoms with van der Waals surface area (Å²) in [6.45, 7) is -1.10. The van der Waals surface area contributed by atoms with E-state index in [0.29, 0.717) is 0 Å². The number of rotatable bonds is 6. The van der Waals surface area contributed by atoms with Crippen molar-refractivity contribution in [2.24, 2.45) is 10.7 Å². The minimum Gasteiger partial charge on any atom is -0.484 e. The molecule has 3 N–H and O–H groups in total. The predicted molar refractivity (Wildman–Crippen MR) is 92.1 cm³/mol. The molecule has 0 aliphatic carbocycles. The van der Waals surface area contributed by atoms with Crippen molar-refractivity contribution >= 4 is 11.7 Å². The van der Waals surface area contributed by atoms with Crippen molar-refractivity contribution in [3.8, 4) is 5.75 Å². The van der Waals surface area contributed by atoms with Crippen LogP contribution in [0.4, 0.5) is 26.3 Å². The summed E-state index contributed by atoms with van der Waals surface area (Å²) < 4.78 is 86.1. The SMILES string of the molecule is NC(=NC(NC(=O)COc1ccccc1)(C(F)(F)F)C(F)(F)F)c1ccccc1. The van der Waals surface area contributed by atoms with E-state index in [1.165, 1.54) is 54.6 Å². The van der Waals surface area contributed by atoms with E-state index in [1.54, 1.807) is 6.07 Å². The molecule has 0 aliphatic heterocycles. The van der Waals surface area contributed by atoms with Crippen LogP contribution in [0.15, 0.2) is 65.7 Å². The van der Waals surface area contributed by atoms with E-state index in [0.717, 1.165) is 5.32 Å². The Balaban J connectivity index is 2.37. The van der Waals surface area contributed by atoms with Crippen LogP contribution in [0.5, 0.6) is 5.75 Å². The number of benzene rings is 2. The largest absolute Gasteiger partial charge is 0.484 e. The molecule has 1 amide bonds. The molecule has 0 aliphatic rings. The molecule has 0 aromatic heterocycles. The van der Waals surface area contributed by atoms with E-state index >= 15 is 0 Å². The topological polar surface area (TPSA) is 76.7 Å². The van der Waals surface area contributed by atoms with Gasteiger partial charge in [-0.2, -0.15) is 26.3 Å². The van der Waals surface area contributed by atoms with Gasteiger partial charge in [0.15, 0.2) is 6.61 Å². The molecular formula is C18H15F6N3O2. The summed E-state index contributed by atoms with van der Waals surface area (Å²) >= 11 is 0. The third-order valence-electron chi connectivity index (χ3n) is 3.61. The quantitative estimate of drug-likeness (QED) is 0.428. The summed E-state index contributed by atoms with van der Waals surface area (Å²) in [4.78, 5) is 14.6. The maximum Gasteiger partial charge on any atom is 0.441 e. The lowest BCUT2D eigenvalue weighted by Crippen LogP contribution is -2.67. The number of ether oxygens (including phenoxy) is 1. The summed E-state index contributed by atoms with van der Waals surface area (Å²) in [5, 5.41) is 0.900. The van der Waals surface area contributed by atoms with Gasteiger partial charge in [0, 0.05) is 5.56 Å². The molecule has 0 radical (unpaired) electrons. The highest BCUT2D eigenvalue weighted by molar-refractivity contribution is 5.98. The maximum atomic E-state index is 13.5.